The molecule has 0 aliphatic heterocycles. The van der Waals surface area contributed by atoms with Gasteiger partial charge in [0.1, 0.15) is 10.8 Å². The number of nitro benzene ring substituents is 1. The Morgan fingerprint density at radius 2 is 2.06 bits per heavy atom. The van der Waals surface area contributed by atoms with Gasteiger partial charge < -0.3 is 14.8 Å². The van der Waals surface area contributed by atoms with E-state index in [1.165, 1.54) is 28.3 Å². The number of hydrogen-bond donors (Lipinski definition) is 1. The molecule has 168 valence electrons. The maximum absolute atomic E-state index is 13.4. The van der Waals surface area contributed by atoms with Crippen LogP contribution in [-0.4, -0.2) is 33.2 Å². The monoisotopic (exact) mass is 462 g/mol. The number of carbonyl (C=O) groups is 2. The highest BCUT2D eigenvalue weighted by atomic mass is 32.1. The number of halogens is 1. The van der Waals surface area contributed by atoms with Gasteiger partial charge in [-0.3, -0.25) is 14.9 Å². The third-order valence-corrected chi connectivity index (χ3v) is 5.56. The Balaban J connectivity index is 1.73. The van der Waals surface area contributed by atoms with Gasteiger partial charge in [0.15, 0.2) is 12.4 Å². The highest BCUT2D eigenvalue weighted by molar-refractivity contribution is 7.16. The Bertz CT molecular complexity index is 1190. The molecule has 2 aromatic heterocycles. The van der Waals surface area contributed by atoms with Gasteiger partial charge in [0.25, 0.3) is 5.91 Å². The first-order valence-corrected chi connectivity index (χ1v) is 10.2. The third kappa shape index (κ3) is 4.91. The van der Waals surface area contributed by atoms with Crippen LogP contribution in [0.25, 0.3) is 0 Å². The van der Waals surface area contributed by atoms with E-state index < -0.39 is 28.3 Å². The molecule has 3 rings (SSSR count). The van der Waals surface area contributed by atoms with E-state index in [2.05, 4.69) is 10.4 Å². The molecule has 1 aromatic carbocycles. The molecule has 2 heterocycles. The van der Waals surface area contributed by atoms with Crippen LogP contribution in [-0.2, 0) is 11.5 Å². The molecule has 0 radical (unpaired) electrons. The molecule has 0 atom stereocenters. The van der Waals surface area contributed by atoms with E-state index in [1.54, 1.807) is 13.8 Å². The van der Waals surface area contributed by atoms with Crippen molar-refractivity contribution in [1.82, 2.24) is 9.78 Å². The predicted octanol–water partition coefficient (Wildman–Crippen LogP) is 4.07. The summed E-state index contributed by atoms with van der Waals surface area (Å²) in [5.41, 5.74) is 0.649. The van der Waals surface area contributed by atoms with Gasteiger partial charge in [-0.2, -0.15) is 5.10 Å². The Labute approximate surface area is 185 Å². The lowest BCUT2D eigenvalue weighted by molar-refractivity contribution is -0.386. The van der Waals surface area contributed by atoms with E-state index in [4.69, 9.17) is 9.47 Å². The van der Waals surface area contributed by atoms with E-state index in [1.807, 2.05) is 6.92 Å². The van der Waals surface area contributed by atoms with Crippen molar-refractivity contribution in [2.75, 3.05) is 11.9 Å². The average molecular weight is 462 g/mol. The number of carbonyl (C=O) groups excluding carboxylic acids is 2. The van der Waals surface area contributed by atoms with Crippen molar-refractivity contribution in [2.45, 2.75) is 27.5 Å². The van der Waals surface area contributed by atoms with Crippen molar-refractivity contribution >= 4 is 33.9 Å². The zero-order valence-electron chi connectivity index (χ0n) is 17.4. The minimum Gasteiger partial charge on any atom is -0.464 e. The first-order chi connectivity index (χ1) is 15.2. The summed E-state index contributed by atoms with van der Waals surface area (Å²) in [7, 11) is 0. The number of nitro groups is 1. The summed E-state index contributed by atoms with van der Waals surface area (Å²) < 4.78 is 25.0. The standard InChI is InChI=1S/C20H19FN4O6S/c1-4-30-20(27)17-11(2)12(3)32-19(17)22-18(26)14-7-8-24(23-14)10-31-16-9-13(21)5-6-15(16)25(28)29/h5-9H,4,10H2,1-3H3,(H,22,26). The molecule has 0 bridgehead atoms. The number of nitrogens with one attached hydrogen (secondary N) is 1. The fraction of sp³-hybridized carbons (Fsp3) is 0.250. The molecule has 0 unspecified atom stereocenters. The molecule has 0 fully saturated rings. The van der Waals surface area contributed by atoms with Crippen molar-refractivity contribution in [3.05, 3.63) is 68.1 Å². The molecule has 1 amide bonds. The summed E-state index contributed by atoms with van der Waals surface area (Å²) in [6.07, 6.45) is 1.43. The molecule has 3 aromatic rings. The molecule has 0 aliphatic rings. The van der Waals surface area contributed by atoms with Gasteiger partial charge in [0.05, 0.1) is 17.1 Å². The van der Waals surface area contributed by atoms with Crippen LogP contribution >= 0.6 is 11.3 Å². The lowest BCUT2D eigenvalue weighted by Gasteiger charge is -2.07. The van der Waals surface area contributed by atoms with Gasteiger partial charge in [-0.15, -0.1) is 11.3 Å². The summed E-state index contributed by atoms with van der Waals surface area (Å²) >= 11 is 1.25. The molecule has 0 saturated heterocycles. The second kappa shape index (κ2) is 9.56. The Kier molecular flexibility index (Phi) is 6.83. The van der Waals surface area contributed by atoms with Crippen LogP contribution in [0.1, 0.15) is 38.2 Å². The largest absolute Gasteiger partial charge is 0.464 e. The molecule has 0 saturated carbocycles. The molecule has 1 N–H and O–H groups in total. The van der Waals surface area contributed by atoms with E-state index in [0.29, 0.717) is 10.6 Å². The molecule has 12 heteroatoms. The predicted molar refractivity (Wildman–Crippen MR) is 114 cm³/mol. The molecular weight excluding hydrogens is 443 g/mol. The number of aryl methyl sites for hydroxylation is 1. The number of thiophene rings is 1. The van der Waals surface area contributed by atoms with Crippen molar-refractivity contribution in [1.29, 1.82) is 0 Å². The van der Waals surface area contributed by atoms with Gasteiger partial charge in [-0.25, -0.2) is 13.9 Å². The van der Waals surface area contributed by atoms with Crippen LogP contribution in [0, 0.1) is 29.8 Å². The first-order valence-electron chi connectivity index (χ1n) is 9.40. The molecular formula is C20H19FN4O6S. The SMILES string of the molecule is CCOC(=O)c1c(NC(=O)c2ccn(COc3cc(F)ccc3[N+](=O)[O-])n2)sc(C)c1C. The number of rotatable bonds is 8. The third-order valence-electron chi connectivity index (χ3n) is 4.44. The van der Waals surface area contributed by atoms with Crippen LogP contribution in [0.3, 0.4) is 0 Å². The average Bonchev–Trinajstić information content (AvgIpc) is 3.31. The van der Waals surface area contributed by atoms with Crippen LogP contribution in [0.5, 0.6) is 5.75 Å². The van der Waals surface area contributed by atoms with Crippen molar-refractivity contribution in [3.8, 4) is 5.75 Å². The zero-order valence-corrected chi connectivity index (χ0v) is 18.2. The lowest BCUT2D eigenvalue weighted by Crippen LogP contribution is -2.16. The van der Waals surface area contributed by atoms with E-state index >= 15 is 0 Å². The van der Waals surface area contributed by atoms with Crippen LogP contribution in [0.2, 0.25) is 0 Å². The molecule has 0 aliphatic carbocycles. The second-order valence-corrected chi connectivity index (χ2v) is 7.77. The number of amides is 1. The lowest BCUT2D eigenvalue weighted by atomic mass is 10.1. The number of nitrogens with zero attached hydrogens (tertiary/aromatic N) is 3. The van der Waals surface area contributed by atoms with Gasteiger partial charge >= 0.3 is 11.7 Å². The maximum Gasteiger partial charge on any atom is 0.341 e. The highest BCUT2D eigenvalue weighted by Gasteiger charge is 2.23. The summed E-state index contributed by atoms with van der Waals surface area (Å²) in [6, 6.07) is 4.27. The fourth-order valence-electron chi connectivity index (χ4n) is 2.78. The van der Waals surface area contributed by atoms with Crippen LogP contribution < -0.4 is 10.1 Å². The molecule has 0 spiro atoms. The normalized spacial score (nSPS) is 10.6. The molecule has 10 nitrogen and oxygen atoms in total. The van der Waals surface area contributed by atoms with Crippen molar-refractivity contribution in [3.63, 3.8) is 0 Å². The number of esters is 1. The van der Waals surface area contributed by atoms with E-state index in [0.717, 1.165) is 28.6 Å². The minimum absolute atomic E-state index is 0.0286. The first kappa shape index (κ1) is 22.9. The Hall–Kier alpha value is -3.80. The summed E-state index contributed by atoms with van der Waals surface area (Å²) in [6.45, 7) is 5.20. The topological polar surface area (TPSA) is 126 Å². The van der Waals surface area contributed by atoms with Crippen LogP contribution in [0.4, 0.5) is 15.1 Å². The van der Waals surface area contributed by atoms with Crippen LogP contribution in [0.15, 0.2) is 30.5 Å². The summed E-state index contributed by atoms with van der Waals surface area (Å²) in [5, 5.41) is 18.1. The van der Waals surface area contributed by atoms with Crippen molar-refractivity contribution in [2.24, 2.45) is 0 Å². The molecule has 32 heavy (non-hydrogen) atoms. The van der Waals surface area contributed by atoms with E-state index in [9.17, 15) is 24.1 Å². The fourth-order valence-corrected chi connectivity index (χ4v) is 3.82. The number of benzene rings is 1. The second-order valence-electron chi connectivity index (χ2n) is 6.55. The smallest absolute Gasteiger partial charge is 0.341 e. The van der Waals surface area contributed by atoms with Gasteiger partial charge in [-0.05, 0) is 38.5 Å². The van der Waals surface area contributed by atoms with Gasteiger partial charge in [0, 0.05) is 23.2 Å². The Morgan fingerprint density at radius 1 is 1.31 bits per heavy atom. The van der Waals surface area contributed by atoms with Crippen molar-refractivity contribution < 1.29 is 28.4 Å². The number of ether oxygens (including phenoxy) is 2. The zero-order chi connectivity index (χ0) is 23.4. The Morgan fingerprint density at radius 3 is 2.75 bits per heavy atom. The van der Waals surface area contributed by atoms with E-state index in [-0.39, 0.29) is 24.8 Å². The summed E-state index contributed by atoms with van der Waals surface area (Å²) in [4.78, 5) is 36.1. The quantitative estimate of drug-likeness (QED) is 0.304. The van der Waals surface area contributed by atoms with Gasteiger partial charge in [0.2, 0.25) is 5.75 Å². The number of aromatic nitrogens is 2. The summed E-state index contributed by atoms with van der Waals surface area (Å²) in [5.74, 6) is -2.04. The van der Waals surface area contributed by atoms with Gasteiger partial charge in [-0.1, -0.05) is 0 Å². The minimum atomic E-state index is -0.692. The highest BCUT2D eigenvalue weighted by Crippen LogP contribution is 2.33. The number of anilines is 1. The maximum atomic E-state index is 13.4. The number of hydrogen-bond acceptors (Lipinski definition) is 8.